The van der Waals surface area contributed by atoms with Crippen LogP contribution < -0.4 is 0 Å². The van der Waals surface area contributed by atoms with E-state index in [0.717, 1.165) is 32.9 Å². The second-order valence-electron chi connectivity index (χ2n) is 7.66. The molecule has 1 aliphatic rings. The number of rotatable bonds is 2. The van der Waals surface area contributed by atoms with Crippen molar-refractivity contribution in [3.63, 3.8) is 0 Å². The van der Waals surface area contributed by atoms with Crippen molar-refractivity contribution in [2.24, 2.45) is 0 Å². The molecule has 3 heterocycles. The van der Waals surface area contributed by atoms with Crippen LogP contribution in [0.1, 0.15) is 5.56 Å². The quantitative estimate of drug-likeness (QED) is 0.267. The molecule has 6 N–H and O–H groups in total. The van der Waals surface area contributed by atoms with Crippen molar-refractivity contribution < 1.29 is 25.2 Å². The first-order valence-corrected chi connectivity index (χ1v) is 9.92. The third-order valence-corrected chi connectivity index (χ3v) is 5.68. The van der Waals surface area contributed by atoms with E-state index in [1.165, 1.54) is 0 Å². The van der Waals surface area contributed by atoms with Crippen molar-refractivity contribution in [3.8, 4) is 23.0 Å². The molecule has 4 aromatic rings. The zero-order chi connectivity index (χ0) is 21.5. The number of fused-ring (bicyclic) bond motifs is 2. The van der Waals surface area contributed by atoms with Crippen molar-refractivity contribution in [2.45, 2.75) is 30.5 Å². The fraction of sp³-hybridized carbons (Fsp3) is 0.261. The third-order valence-electron chi connectivity index (χ3n) is 5.68. The molecule has 0 unspecified atom stereocenters. The van der Waals surface area contributed by atoms with Crippen LogP contribution in [0.25, 0.3) is 32.9 Å². The Labute approximate surface area is 177 Å². The summed E-state index contributed by atoms with van der Waals surface area (Å²) in [6.07, 6.45) is -2.73. The minimum absolute atomic E-state index is 0.495. The summed E-state index contributed by atoms with van der Waals surface area (Å²) in [7, 11) is 0. The Morgan fingerprint density at radius 1 is 0.968 bits per heavy atom. The molecule has 8 nitrogen and oxygen atoms in total. The molecular formula is C23H21N3O5. The Morgan fingerprint density at radius 2 is 1.84 bits per heavy atom. The summed E-state index contributed by atoms with van der Waals surface area (Å²) >= 11 is 0. The fourth-order valence-electron chi connectivity index (χ4n) is 3.92. The highest BCUT2D eigenvalue weighted by molar-refractivity contribution is 5.91. The predicted molar refractivity (Wildman–Crippen MR) is 114 cm³/mol. The minimum atomic E-state index is -1.46. The lowest BCUT2D eigenvalue weighted by atomic mass is 9.95. The van der Waals surface area contributed by atoms with Gasteiger partial charge in [0, 0.05) is 17.1 Å². The Hall–Kier alpha value is -3.19. The average Bonchev–Trinajstić information content (AvgIpc) is 3.45. The fourth-order valence-corrected chi connectivity index (χ4v) is 3.92. The summed E-state index contributed by atoms with van der Waals surface area (Å²) in [5.41, 5.74) is 4.37. The summed E-state index contributed by atoms with van der Waals surface area (Å²) in [5, 5.41) is 48.6. The normalized spacial score (nSPS) is 26.1. The summed E-state index contributed by atoms with van der Waals surface area (Å²) in [5.74, 6) is 5.84. The van der Waals surface area contributed by atoms with E-state index < -0.39 is 37.1 Å². The van der Waals surface area contributed by atoms with E-state index in [1.807, 2.05) is 36.5 Å². The lowest BCUT2D eigenvalue weighted by Crippen LogP contribution is -2.58. The van der Waals surface area contributed by atoms with Crippen molar-refractivity contribution >= 4 is 21.8 Å². The Bertz CT molecular complexity index is 1300. The molecule has 0 spiro atoms. The Kier molecular flexibility index (Phi) is 4.98. The van der Waals surface area contributed by atoms with Crippen LogP contribution in [0.2, 0.25) is 0 Å². The van der Waals surface area contributed by atoms with Crippen LogP contribution in [0.4, 0.5) is 0 Å². The van der Waals surface area contributed by atoms with E-state index in [9.17, 15) is 20.4 Å². The zero-order valence-corrected chi connectivity index (χ0v) is 16.4. The molecule has 1 fully saturated rings. The molecule has 2 aromatic carbocycles. The van der Waals surface area contributed by atoms with Crippen LogP contribution in [0.15, 0.2) is 48.8 Å². The largest absolute Gasteiger partial charge is 0.394 e. The maximum absolute atomic E-state index is 10.2. The molecule has 158 valence electrons. The molecule has 0 radical (unpaired) electrons. The van der Waals surface area contributed by atoms with Gasteiger partial charge < -0.3 is 30.1 Å². The lowest BCUT2D eigenvalue weighted by Gasteiger charge is -2.37. The second kappa shape index (κ2) is 7.81. The van der Waals surface area contributed by atoms with E-state index in [0.29, 0.717) is 5.56 Å². The van der Waals surface area contributed by atoms with E-state index >= 15 is 0 Å². The zero-order valence-electron chi connectivity index (χ0n) is 16.4. The van der Waals surface area contributed by atoms with Gasteiger partial charge in [-0.15, -0.1) is 0 Å². The average molecular weight is 419 g/mol. The lowest BCUT2D eigenvalue weighted by molar-refractivity contribution is -0.214. The number of aliphatic hydroxyl groups is 4. The van der Waals surface area contributed by atoms with E-state index in [-0.39, 0.29) is 0 Å². The number of nitrogens with one attached hydrogen (secondary N) is 2. The monoisotopic (exact) mass is 419 g/mol. The van der Waals surface area contributed by atoms with Gasteiger partial charge in [-0.1, -0.05) is 24.0 Å². The smallest absolute Gasteiger partial charge is 0.147 e. The third kappa shape index (κ3) is 3.49. The number of benzene rings is 2. The number of aromatic nitrogens is 3. The molecular weight excluding hydrogens is 398 g/mol. The topological polar surface area (TPSA) is 135 Å². The molecule has 2 aromatic heterocycles. The number of nitrogens with zero attached hydrogens (tertiary/aromatic N) is 1. The van der Waals surface area contributed by atoms with Gasteiger partial charge in [-0.3, -0.25) is 5.10 Å². The van der Waals surface area contributed by atoms with Gasteiger partial charge in [0.2, 0.25) is 0 Å². The molecule has 5 rings (SSSR count). The molecule has 5 atom stereocenters. The molecule has 8 heteroatoms. The van der Waals surface area contributed by atoms with Crippen molar-refractivity contribution in [2.75, 3.05) is 6.61 Å². The highest BCUT2D eigenvalue weighted by atomic mass is 16.5. The highest BCUT2D eigenvalue weighted by Crippen LogP contribution is 2.29. The van der Waals surface area contributed by atoms with Gasteiger partial charge in [-0.05, 0) is 40.8 Å². The number of hydrogen-bond acceptors (Lipinski definition) is 6. The van der Waals surface area contributed by atoms with Crippen LogP contribution >= 0.6 is 0 Å². The minimum Gasteiger partial charge on any atom is -0.394 e. The maximum Gasteiger partial charge on any atom is 0.147 e. The Morgan fingerprint density at radius 3 is 2.68 bits per heavy atom. The number of aliphatic hydroxyl groups excluding tert-OH is 4. The Balaban J connectivity index is 1.54. The maximum atomic E-state index is 10.2. The molecule has 0 saturated carbocycles. The van der Waals surface area contributed by atoms with Gasteiger partial charge in [0.1, 0.15) is 30.5 Å². The highest BCUT2D eigenvalue weighted by Gasteiger charge is 2.42. The van der Waals surface area contributed by atoms with Gasteiger partial charge in [-0.25, -0.2) is 0 Å². The van der Waals surface area contributed by atoms with Crippen molar-refractivity contribution in [3.05, 3.63) is 54.4 Å². The van der Waals surface area contributed by atoms with Gasteiger partial charge in [0.05, 0.1) is 23.9 Å². The molecule has 31 heavy (non-hydrogen) atoms. The first-order chi connectivity index (χ1) is 15.0. The molecule has 1 saturated heterocycles. The van der Waals surface area contributed by atoms with Crippen molar-refractivity contribution in [1.29, 1.82) is 0 Å². The molecule has 0 amide bonds. The number of ether oxygens (including phenoxy) is 1. The molecule has 0 aliphatic carbocycles. The summed E-state index contributed by atoms with van der Waals surface area (Å²) in [6, 6.07) is 12.1. The van der Waals surface area contributed by atoms with E-state index in [2.05, 4.69) is 33.1 Å². The van der Waals surface area contributed by atoms with Crippen molar-refractivity contribution in [1.82, 2.24) is 15.2 Å². The van der Waals surface area contributed by atoms with E-state index in [1.54, 1.807) is 6.20 Å². The standard InChI is InChI=1S/C23H21N3O5/c27-11-19-22(29)23(30)21(28)18(31-19)4-3-14-7-15(8-16-10-25-26-20(14)16)13-2-1-12-5-6-24-17(12)9-13/h1-2,5-10,18-19,21-24,27-30H,11H2,(H,25,26)/t18-,19-,21-,22-,23-/m1/s1. The van der Waals surface area contributed by atoms with Crippen LogP contribution in [0.3, 0.4) is 0 Å². The molecule has 0 bridgehead atoms. The van der Waals surface area contributed by atoms with Gasteiger partial charge in [0.25, 0.3) is 0 Å². The summed E-state index contributed by atoms with van der Waals surface area (Å²) in [4.78, 5) is 3.21. The van der Waals surface area contributed by atoms with E-state index in [4.69, 9.17) is 4.74 Å². The first kappa shape index (κ1) is 19.8. The summed E-state index contributed by atoms with van der Waals surface area (Å²) < 4.78 is 5.49. The first-order valence-electron chi connectivity index (χ1n) is 9.92. The van der Waals surface area contributed by atoms with Crippen LogP contribution in [0.5, 0.6) is 0 Å². The molecule has 1 aliphatic heterocycles. The van der Waals surface area contributed by atoms with Crippen LogP contribution in [0, 0.1) is 11.8 Å². The number of aromatic amines is 2. The SMILES string of the molecule is OC[C@H]1O[C@H](C#Cc2cc(-c3ccc4cc[nH]c4c3)cc3cn[nH]c23)[C@@H](O)[C@@H](O)[C@@H]1O. The van der Waals surface area contributed by atoms with Crippen LogP contribution in [-0.2, 0) is 4.74 Å². The number of hydrogen-bond donors (Lipinski definition) is 6. The van der Waals surface area contributed by atoms with Gasteiger partial charge in [0.15, 0.2) is 0 Å². The second-order valence-corrected chi connectivity index (χ2v) is 7.66. The number of H-pyrrole nitrogens is 2. The van der Waals surface area contributed by atoms with Gasteiger partial charge in [-0.2, -0.15) is 5.10 Å². The van der Waals surface area contributed by atoms with Gasteiger partial charge >= 0.3 is 0 Å². The predicted octanol–water partition coefficient (Wildman–Crippen LogP) is 0.905. The summed E-state index contributed by atoms with van der Waals surface area (Å²) in [6.45, 7) is -0.495. The van der Waals surface area contributed by atoms with Crippen LogP contribution in [-0.4, -0.2) is 72.7 Å².